The summed E-state index contributed by atoms with van der Waals surface area (Å²) < 4.78 is 5.49. The van der Waals surface area contributed by atoms with Gasteiger partial charge in [0.15, 0.2) is 5.58 Å². The van der Waals surface area contributed by atoms with Crippen molar-refractivity contribution in [3.05, 3.63) is 64.5 Å². The van der Waals surface area contributed by atoms with Crippen LogP contribution in [-0.4, -0.2) is 10.9 Å². The first-order valence-corrected chi connectivity index (χ1v) is 7.17. The second-order valence-electron chi connectivity index (χ2n) is 4.47. The van der Waals surface area contributed by atoms with Crippen LogP contribution >= 0.6 is 23.2 Å². The van der Waals surface area contributed by atoms with Crippen LogP contribution in [0.2, 0.25) is 10.0 Å². The lowest BCUT2D eigenvalue weighted by Gasteiger charge is -2.03. The molecule has 1 amide bonds. The first kappa shape index (κ1) is 14.6. The molecule has 0 spiro atoms. The van der Waals surface area contributed by atoms with Crippen molar-refractivity contribution in [3.8, 4) is 0 Å². The number of anilines is 1. The van der Waals surface area contributed by atoms with Crippen LogP contribution in [0.4, 0.5) is 5.69 Å². The van der Waals surface area contributed by atoms with Gasteiger partial charge in [0.1, 0.15) is 5.52 Å². The summed E-state index contributed by atoms with van der Waals surface area (Å²) >= 11 is 11.7. The van der Waals surface area contributed by atoms with Gasteiger partial charge in [0.05, 0.1) is 10.0 Å². The minimum Gasteiger partial charge on any atom is -0.437 e. The van der Waals surface area contributed by atoms with Gasteiger partial charge in [-0.2, -0.15) is 0 Å². The van der Waals surface area contributed by atoms with E-state index in [4.69, 9.17) is 27.6 Å². The van der Waals surface area contributed by atoms with E-state index in [2.05, 4.69) is 10.3 Å². The lowest BCUT2D eigenvalue weighted by Crippen LogP contribution is -2.07. The number of amides is 1. The Balaban J connectivity index is 1.71. The van der Waals surface area contributed by atoms with Crippen molar-refractivity contribution < 1.29 is 9.21 Å². The van der Waals surface area contributed by atoms with E-state index in [1.54, 1.807) is 18.2 Å². The quantitative estimate of drug-likeness (QED) is 0.701. The van der Waals surface area contributed by atoms with Crippen molar-refractivity contribution in [2.24, 2.45) is 0 Å². The summed E-state index contributed by atoms with van der Waals surface area (Å²) in [5.74, 6) is 0.0473. The van der Waals surface area contributed by atoms with E-state index in [9.17, 15) is 4.79 Å². The zero-order valence-electron chi connectivity index (χ0n) is 11.2. The fourth-order valence-corrected chi connectivity index (χ4v) is 2.16. The fraction of sp³-hybridized carbons (Fsp3) is 0. The number of para-hydroxylation sites is 2. The molecule has 3 aromatic rings. The number of halogens is 2. The molecule has 0 bridgehead atoms. The van der Waals surface area contributed by atoms with E-state index in [0.717, 1.165) is 5.52 Å². The molecule has 4 nitrogen and oxygen atoms in total. The Hall–Kier alpha value is -2.30. The number of carbonyl (C=O) groups excluding carboxylic acids is 1. The summed E-state index contributed by atoms with van der Waals surface area (Å²) in [6.45, 7) is 0. The molecule has 0 saturated heterocycles. The SMILES string of the molecule is O=C(/C=C/c1nc2ccccc2o1)Nc1ccc(Cl)c(Cl)c1. The molecule has 22 heavy (non-hydrogen) atoms. The topological polar surface area (TPSA) is 55.1 Å². The summed E-state index contributed by atoms with van der Waals surface area (Å²) in [6, 6.07) is 12.2. The molecule has 3 rings (SSSR count). The number of nitrogens with zero attached hydrogens (tertiary/aromatic N) is 1. The van der Waals surface area contributed by atoms with Crippen LogP contribution in [0.5, 0.6) is 0 Å². The molecule has 1 N–H and O–H groups in total. The molecule has 0 unspecified atom stereocenters. The van der Waals surface area contributed by atoms with Crippen LogP contribution in [0, 0.1) is 0 Å². The van der Waals surface area contributed by atoms with Gasteiger partial charge in [-0.25, -0.2) is 4.98 Å². The van der Waals surface area contributed by atoms with Gasteiger partial charge in [0, 0.05) is 17.8 Å². The molecule has 1 aromatic heterocycles. The summed E-state index contributed by atoms with van der Waals surface area (Å²) in [6.07, 6.45) is 2.85. The maximum absolute atomic E-state index is 11.9. The number of hydrogen-bond donors (Lipinski definition) is 1. The monoisotopic (exact) mass is 332 g/mol. The lowest BCUT2D eigenvalue weighted by molar-refractivity contribution is -0.111. The Labute approximate surface area is 136 Å². The normalized spacial score (nSPS) is 11.2. The molecule has 0 aliphatic heterocycles. The third kappa shape index (κ3) is 3.30. The van der Waals surface area contributed by atoms with E-state index in [-0.39, 0.29) is 5.91 Å². The molecule has 2 aromatic carbocycles. The molecule has 0 fully saturated rings. The van der Waals surface area contributed by atoms with Crippen molar-refractivity contribution in [1.29, 1.82) is 0 Å². The van der Waals surface area contributed by atoms with Crippen LogP contribution in [0.25, 0.3) is 17.2 Å². The highest BCUT2D eigenvalue weighted by molar-refractivity contribution is 6.42. The Morgan fingerprint density at radius 2 is 1.95 bits per heavy atom. The largest absolute Gasteiger partial charge is 0.437 e. The zero-order chi connectivity index (χ0) is 15.5. The van der Waals surface area contributed by atoms with Gasteiger partial charge in [-0.05, 0) is 30.3 Å². The average molecular weight is 333 g/mol. The molecule has 110 valence electrons. The molecule has 0 saturated carbocycles. The predicted molar refractivity (Wildman–Crippen MR) is 88.1 cm³/mol. The standard InChI is InChI=1S/C16H10Cl2N2O2/c17-11-6-5-10(9-12(11)18)19-15(21)7-8-16-20-13-3-1-2-4-14(13)22-16/h1-9H,(H,19,21)/b8-7+. The van der Waals surface area contributed by atoms with Crippen LogP contribution in [-0.2, 0) is 4.79 Å². The first-order chi connectivity index (χ1) is 10.6. The Morgan fingerprint density at radius 3 is 2.73 bits per heavy atom. The van der Waals surface area contributed by atoms with Gasteiger partial charge in [0.2, 0.25) is 11.8 Å². The fourth-order valence-electron chi connectivity index (χ4n) is 1.87. The van der Waals surface area contributed by atoms with E-state index in [0.29, 0.717) is 27.2 Å². The average Bonchev–Trinajstić information content (AvgIpc) is 2.92. The van der Waals surface area contributed by atoms with E-state index in [1.807, 2.05) is 24.3 Å². The van der Waals surface area contributed by atoms with E-state index < -0.39 is 0 Å². The lowest BCUT2D eigenvalue weighted by atomic mass is 10.3. The van der Waals surface area contributed by atoms with Gasteiger partial charge in [-0.3, -0.25) is 4.79 Å². The number of rotatable bonds is 3. The minimum absolute atomic E-state index is 0.319. The summed E-state index contributed by atoms with van der Waals surface area (Å²) in [5.41, 5.74) is 1.97. The number of benzene rings is 2. The number of oxazole rings is 1. The molecular weight excluding hydrogens is 323 g/mol. The van der Waals surface area contributed by atoms with Gasteiger partial charge in [-0.1, -0.05) is 35.3 Å². The third-order valence-corrected chi connectivity index (χ3v) is 3.61. The van der Waals surface area contributed by atoms with Crippen LogP contribution in [0.15, 0.2) is 53.0 Å². The Bertz CT molecular complexity index is 838. The van der Waals surface area contributed by atoms with Crippen molar-refractivity contribution in [3.63, 3.8) is 0 Å². The number of hydrogen-bond acceptors (Lipinski definition) is 3. The zero-order valence-corrected chi connectivity index (χ0v) is 12.7. The highest BCUT2D eigenvalue weighted by Crippen LogP contribution is 2.25. The van der Waals surface area contributed by atoms with Crippen molar-refractivity contribution >= 4 is 52.0 Å². The van der Waals surface area contributed by atoms with Gasteiger partial charge in [-0.15, -0.1) is 0 Å². The predicted octanol–water partition coefficient (Wildman–Crippen LogP) is 4.79. The molecule has 0 radical (unpaired) electrons. The van der Waals surface area contributed by atoms with Crippen LogP contribution in [0.1, 0.15) is 5.89 Å². The molecule has 6 heteroatoms. The van der Waals surface area contributed by atoms with Crippen LogP contribution in [0.3, 0.4) is 0 Å². The molecule has 0 aliphatic carbocycles. The summed E-state index contributed by atoms with van der Waals surface area (Å²) in [4.78, 5) is 16.1. The van der Waals surface area contributed by atoms with E-state index in [1.165, 1.54) is 12.2 Å². The second-order valence-corrected chi connectivity index (χ2v) is 5.29. The van der Waals surface area contributed by atoms with Crippen molar-refractivity contribution in [2.45, 2.75) is 0 Å². The minimum atomic E-state index is -0.319. The second kappa shape index (κ2) is 6.22. The Kier molecular flexibility index (Phi) is 4.13. The third-order valence-electron chi connectivity index (χ3n) is 2.87. The Morgan fingerprint density at radius 1 is 1.14 bits per heavy atom. The molecule has 0 aliphatic rings. The highest BCUT2D eigenvalue weighted by atomic mass is 35.5. The number of nitrogens with one attached hydrogen (secondary N) is 1. The first-order valence-electron chi connectivity index (χ1n) is 6.41. The van der Waals surface area contributed by atoms with Gasteiger partial charge in [0.25, 0.3) is 0 Å². The molecule has 0 atom stereocenters. The van der Waals surface area contributed by atoms with E-state index >= 15 is 0 Å². The maximum Gasteiger partial charge on any atom is 0.248 e. The summed E-state index contributed by atoms with van der Waals surface area (Å²) in [7, 11) is 0. The smallest absolute Gasteiger partial charge is 0.248 e. The van der Waals surface area contributed by atoms with Crippen LogP contribution < -0.4 is 5.32 Å². The van der Waals surface area contributed by atoms with Crippen molar-refractivity contribution in [1.82, 2.24) is 4.98 Å². The molecular formula is C16H10Cl2N2O2. The number of carbonyl (C=O) groups is 1. The molecule has 1 heterocycles. The maximum atomic E-state index is 11.9. The number of fused-ring (bicyclic) bond motifs is 1. The van der Waals surface area contributed by atoms with Gasteiger partial charge >= 0.3 is 0 Å². The highest BCUT2D eigenvalue weighted by Gasteiger charge is 2.04. The van der Waals surface area contributed by atoms with Crippen molar-refractivity contribution in [2.75, 3.05) is 5.32 Å². The number of aromatic nitrogens is 1. The van der Waals surface area contributed by atoms with Gasteiger partial charge < -0.3 is 9.73 Å². The summed E-state index contributed by atoms with van der Waals surface area (Å²) in [5, 5.41) is 3.49.